The number of aliphatic hydroxyl groups excluding tert-OH is 1. The number of rotatable bonds is 11. The van der Waals surface area contributed by atoms with E-state index < -0.39 is 11.7 Å². The second-order valence-corrected chi connectivity index (χ2v) is 4.99. The van der Waals surface area contributed by atoms with Gasteiger partial charge in [-0.25, -0.2) is 4.79 Å². The topological polar surface area (TPSA) is 86.3 Å². The number of carbonyl (C=O) groups is 1. The molecule has 0 aliphatic heterocycles. The van der Waals surface area contributed by atoms with Crippen molar-refractivity contribution in [2.45, 2.75) is 26.4 Å². The molecule has 0 rings (SSSR count). The minimum Gasteiger partial charge on any atom is -0.444 e. The summed E-state index contributed by atoms with van der Waals surface area (Å²) in [5, 5.41) is 11.1. The molecule has 0 aliphatic rings. The first-order valence-electron chi connectivity index (χ1n) is 6.76. The van der Waals surface area contributed by atoms with Gasteiger partial charge in [-0.1, -0.05) is 0 Å². The highest BCUT2D eigenvalue weighted by Crippen LogP contribution is 2.05. The Hall–Kier alpha value is -0.890. The monoisotopic (exact) mass is 293 g/mol. The van der Waals surface area contributed by atoms with Crippen LogP contribution in [0.25, 0.3) is 0 Å². The molecule has 1 amide bonds. The summed E-state index contributed by atoms with van der Waals surface area (Å²) in [7, 11) is 0. The molecule has 0 radical (unpaired) electrons. The minimum atomic E-state index is -0.489. The van der Waals surface area contributed by atoms with Crippen LogP contribution in [0, 0.1) is 0 Å². The smallest absolute Gasteiger partial charge is 0.407 e. The summed E-state index contributed by atoms with van der Waals surface area (Å²) < 4.78 is 20.6. The zero-order chi connectivity index (χ0) is 15.3. The molecule has 7 heteroatoms. The highest BCUT2D eigenvalue weighted by molar-refractivity contribution is 5.67. The Labute approximate surface area is 120 Å². The summed E-state index contributed by atoms with van der Waals surface area (Å²) in [5.74, 6) is 0. The molecule has 0 spiro atoms. The first-order valence-corrected chi connectivity index (χ1v) is 6.76. The zero-order valence-electron chi connectivity index (χ0n) is 12.6. The molecule has 0 aliphatic carbocycles. The van der Waals surface area contributed by atoms with Crippen LogP contribution in [0.15, 0.2) is 0 Å². The third kappa shape index (κ3) is 15.2. The largest absolute Gasteiger partial charge is 0.444 e. The predicted octanol–water partition coefficient (Wildman–Crippen LogP) is 0.553. The first kappa shape index (κ1) is 19.1. The molecule has 20 heavy (non-hydrogen) atoms. The van der Waals surface area contributed by atoms with Crippen LogP contribution in [0.3, 0.4) is 0 Å². The number of ether oxygens (including phenoxy) is 4. The van der Waals surface area contributed by atoms with E-state index in [2.05, 4.69) is 5.32 Å². The standard InChI is InChI=1S/C13H27NO6/c1-13(2,3)20-12(16)14-4-6-17-8-10-19-11-9-18-7-5-15/h15H,4-11H2,1-3H3,(H,14,16). The van der Waals surface area contributed by atoms with E-state index in [1.807, 2.05) is 20.8 Å². The summed E-state index contributed by atoms with van der Waals surface area (Å²) in [5.41, 5.74) is -0.489. The lowest BCUT2D eigenvalue weighted by Crippen LogP contribution is -2.34. The van der Waals surface area contributed by atoms with E-state index in [9.17, 15) is 4.79 Å². The van der Waals surface area contributed by atoms with Crippen LogP contribution in [0.2, 0.25) is 0 Å². The maximum absolute atomic E-state index is 11.3. The van der Waals surface area contributed by atoms with E-state index in [1.54, 1.807) is 0 Å². The Balaban J connectivity index is 3.19. The van der Waals surface area contributed by atoms with Gasteiger partial charge in [-0.15, -0.1) is 0 Å². The molecule has 0 fully saturated rings. The van der Waals surface area contributed by atoms with Crippen LogP contribution in [0.1, 0.15) is 20.8 Å². The van der Waals surface area contributed by atoms with Crippen LogP contribution in [-0.4, -0.2) is 69.6 Å². The quantitative estimate of drug-likeness (QED) is 0.541. The van der Waals surface area contributed by atoms with Crippen molar-refractivity contribution in [3.63, 3.8) is 0 Å². The first-order chi connectivity index (χ1) is 9.45. The fourth-order valence-corrected chi connectivity index (χ4v) is 1.15. The summed E-state index contributed by atoms with van der Waals surface area (Å²) in [6, 6.07) is 0. The zero-order valence-corrected chi connectivity index (χ0v) is 12.6. The van der Waals surface area contributed by atoms with Gasteiger partial charge in [0.05, 0.1) is 46.2 Å². The van der Waals surface area contributed by atoms with Gasteiger partial charge in [0.25, 0.3) is 0 Å². The van der Waals surface area contributed by atoms with E-state index in [4.69, 9.17) is 24.1 Å². The van der Waals surface area contributed by atoms with Crippen molar-refractivity contribution in [3.8, 4) is 0 Å². The van der Waals surface area contributed by atoms with Crippen molar-refractivity contribution in [1.82, 2.24) is 5.32 Å². The van der Waals surface area contributed by atoms with E-state index in [-0.39, 0.29) is 6.61 Å². The summed E-state index contributed by atoms with van der Waals surface area (Å²) in [6.07, 6.45) is -0.446. The van der Waals surface area contributed by atoms with Gasteiger partial charge in [0.1, 0.15) is 5.60 Å². The Morgan fingerprint density at radius 2 is 1.45 bits per heavy atom. The molecule has 0 aromatic carbocycles. The van der Waals surface area contributed by atoms with E-state index >= 15 is 0 Å². The molecule has 0 saturated heterocycles. The van der Waals surface area contributed by atoms with E-state index in [1.165, 1.54) is 0 Å². The maximum Gasteiger partial charge on any atom is 0.407 e. The Bertz CT molecular complexity index is 242. The number of hydrogen-bond donors (Lipinski definition) is 2. The maximum atomic E-state index is 11.3. The fourth-order valence-electron chi connectivity index (χ4n) is 1.15. The van der Waals surface area contributed by atoms with Crippen molar-refractivity contribution < 1.29 is 28.8 Å². The molecular weight excluding hydrogens is 266 g/mol. The van der Waals surface area contributed by atoms with Gasteiger partial charge in [0.15, 0.2) is 0 Å². The lowest BCUT2D eigenvalue weighted by molar-refractivity contribution is 0.00750. The third-order valence-corrected chi connectivity index (χ3v) is 1.89. The molecule has 0 aromatic rings. The van der Waals surface area contributed by atoms with Crippen LogP contribution in [0.4, 0.5) is 4.79 Å². The summed E-state index contributed by atoms with van der Waals surface area (Å²) >= 11 is 0. The average molecular weight is 293 g/mol. The van der Waals surface area contributed by atoms with Crippen LogP contribution < -0.4 is 5.32 Å². The molecule has 7 nitrogen and oxygen atoms in total. The highest BCUT2D eigenvalue weighted by atomic mass is 16.6. The molecule has 0 heterocycles. The summed E-state index contributed by atoms with van der Waals surface area (Å²) in [4.78, 5) is 11.3. The molecule has 0 bridgehead atoms. The SMILES string of the molecule is CC(C)(C)OC(=O)NCCOCCOCCOCCO. The highest BCUT2D eigenvalue weighted by Gasteiger charge is 2.15. The van der Waals surface area contributed by atoms with Gasteiger partial charge < -0.3 is 29.4 Å². The lowest BCUT2D eigenvalue weighted by atomic mass is 10.2. The van der Waals surface area contributed by atoms with Crippen LogP contribution >= 0.6 is 0 Å². The van der Waals surface area contributed by atoms with Gasteiger partial charge in [0, 0.05) is 6.54 Å². The molecule has 0 saturated carbocycles. The number of alkyl carbamates (subject to hydrolysis) is 1. The normalized spacial score (nSPS) is 11.4. The number of nitrogens with one attached hydrogen (secondary N) is 1. The van der Waals surface area contributed by atoms with Crippen molar-refractivity contribution >= 4 is 6.09 Å². The van der Waals surface area contributed by atoms with E-state index in [0.29, 0.717) is 46.2 Å². The molecular formula is C13H27NO6. The second kappa shape index (κ2) is 11.9. The van der Waals surface area contributed by atoms with Crippen molar-refractivity contribution in [3.05, 3.63) is 0 Å². The number of aliphatic hydroxyl groups is 1. The Morgan fingerprint density at radius 1 is 0.950 bits per heavy atom. The lowest BCUT2D eigenvalue weighted by Gasteiger charge is -2.19. The molecule has 0 unspecified atom stereocenters. The van der Waals surface area contributed by atoms with Gasteiger partial charge in [-0.2, -0.15) is 0 Å². The molecule has 0 atom stereocenters. The van der Waals surface area contributed by atoms with E-state index in [0.717, 1.165) is 0 Å². The van der Waals surface area contributed by atoms with Crippen LogP contribution in [0.5, 0.6) is 0 Å². The van der Waals surface area contributed by atoms with Gasteiger partial charge in [-0.3, -0.25) is 0 Å². The average Bonchev–Trinajstić information content (AvgIpc) is 2.34. The number of carbonyl (C=O) groups excluding carboxylic acids is 1. The minimum absolute atomic E-state index is 0.0216. The molecule has 2 N–H and O–H groups in total. The Morgan fingerprint density at radius 3 is 1.95 bits per heavy atom. The fraction of sp³-hybridized carbons (Fsp3) is 0.923. The number of hydrogen-bond acceptors (Lipinski definition) is 6. The second-order valence-electron chi connectivity index (χ2n) is 4.99. The molecule has 120 valence electrons. The molecule has 0 aromatic heterocycles. The van der Waals surface area contributed by atoms with Crippen molar-refractivity contribution in [1.29, 1.82) is 0 Å². The van der Waals surface area contributed by atoms with Gasteiger partial charge in [0.2, 0.25) is 0 Å². The summed E-state index contributed by atoms with van der Waals surface area (Å²) in [6.45, 7) is 8.44. The predicted molar refractivity (Wildman–Crippen MR) is 73.8 cm³/mol. The van der Waals surface area contributed by atoms with Crippen molar-refractivity contribution in [2.75, 3.05) is 52.8 Å². The third-order valence-electron chi connectivity index (χ3n) is 1.89. The van der Waals surface area contributed by atoms with Crippen molar-refractivity contribution in [2.24, 2.45) is 0 Å². The Kier molecular flexibility index (Phi) is 11.4. The van der Waals surface area contributed by atoms with Gasteiger partial charge in [-0.05, 0) is 20.8 Å². The van der Waals surface area contributed by atoms with Crippen LogP contribution in [-0.2, 0) is 18.9 Å². The number of amides is 1. The van der Waals surface area contributed by atoms with Gasteiger partial charge >= 0.3 is 6.09 Å².